The highest BCUT2D eigenvalue weighted by Crippen LogP contribution is 2.29. The van der Waals surface area contributed by atoms with Gasteiger partial charge >= 0.3 is 0 Å². The topological polar surface area (TPSA) is 68.1 Å². The highest BCUT2D eigenvalue weighted by atomic mass is 35.5. The fourth-order valence-corrected chi connectivity index (χ4v) is 4.56. The zero-order valence-electron chi connectivity index (χ0n) is 15.1. The van der Waals surface area contributed by atoms with Crippen LogP contribution in [0.15, 0.2) is 23.1 Å². The Labute approximate surface area is 154 Å². The molecule has 0 radical (unpaired) electrons. The number of quaternary nitrogens is 1. The number of rotatable bonds is 5. The summed E-state index contributed by atoms with van der Waals surface area (Å²) in [6, 6.07) is 4.57. The summed E-state index contributed by atoms with van der Waals surface area (Å²) in [6.07, 6.45) is 0. The second kappa shape index (κ2) is 7.61. The van der Waals surface area contributed by atoms with Crippen molar-refractivity contribution in [3.8, 4) is 5.75 Å². The number of nitrogens with zero attached hydrogens (tertiary/aromatic N) is 1. The van der Waals surface area contributed by atoms with Crippen molar-refractivity contribution in [2.45, 2.75) is 25.7 Å². The molecule has 0 aliphatic carbocycles. The van der Waals surface area contributed by atoms with E-state index in [9.17, 15) is 13.2 Å². The van der Waals surface area contributed by atoms with Gasteiger partial charge in [0.15, 0.2) is 5.78 Å². The first-order chi connectivity index (χ1) is 11.6. The Morgan fingerprint density at radius 1 is 1.28 bits per heavy atom. The summed E-state index contributed by atoms with van der Waals surface area (Å²) in [5.74, 6) is 0.470. The molecule has 0 atom stereocenters. The number of benzene rings is 1. The lowest BCUT2D eigenvalue weighted by Gasteiger charge is -2.32. The Kier molecular flexibility index (Phi) is 6.14. The number of methoxy groups -OCH3 is 1. The molecule has 0 aromatic heterocycles. The first-order valence-corrected chi connectivity index (χ1v) is 10.1. The van der Waals surface area contributed by atoms with Crippen molar-refractivity contribution in [2.75, 3.05) is 39.8 Å². The number of halogens is 1. The molecular weight excluding hydrogens is 364 g/mol. The summed E-state index contributed by atoms with van der Waals surface area (Å²) in [7, 11) is -2.25. The second-order valence-corrected chi connectivity index (χ2v) is 9.64. The Balaban J connectivity index is 2.10. The average Bonchev–Trinajstić information content (AvgIpc) is 2.54. The summed E-state index contributed by atoms with van der Waals surface area (Å²) in [4.78, 5) is 13.4. The van der Waals surface area contributed by atoms with Crippen molar-refractivity contribution >= 4 is 27.4 Å². The van der Waals surface area contributed by atoms with Crippen LogP contribution in [0.2, 0.25) is 5.02 Å². The molecule has 0 unspecified atom stereocenters. The molecule has 140 valence electrons. The molecule has 0 saturated carbocycles. The Morgan fingerprint density at radius 3 is 2.40 bits per heavy atom. The molecule has 2 rings (SSSR count). The molecule has 1 N–H and O–H groups in total. The third-order valence-electron chi connectivity index (χ3n) is 4.42. The van der Waals surface area contributed by atoms with Gasteiger partial charge in [-0.15, -0.1) is 0 Å². The first-order valence-electron chi connectivity index (χ1n) is 8.26. The molecule has 25 heavy (non-hydrogen) atoms. The standard InChI is InChI=1S/C17H25ClN2O4S/c1-17(2,3)16(21)12-19-7-9-20(10-8-19)25(22,23)15-11-13(18)5-6-14(15)24-4/h5-6,11H,7-10,12H2,1-4H3/p+1. The fourth-order valence-electron chi connectivity index (χ4n) is 2.70. The smallest absolute Gasteiger partial charge is 0.247 e. The third kappa shape index (κ3) is 4.73. The Morgan fingerprint density at radius 2 is 1.88 bits per heavy atom. The molecular formula is C17H26ClN2O4S+. The van der Waals surface area contributed by atoms with Crippen LogP contribution >= 0.6 is 11.6 Å². The molecule has 1 aliphatic rings. The monoisotopic (exact) mass is 389 g/mol. The summed E-state index contributed by atoms with van der Waals surface area (Å²) in [5, 5.41) is 0.347. The number of ether oxygens (including phenoxy) is 1. The van der Waals surface area contributed by atoms with E-state index in [1.165, 1.54) is 17.5 Å². The second-order valence-electron chi connectivity index (χ2n) is 7.30. The van der Waals surface area contributed by atoms with E-state index < -0.39 is 10.0 Å². The van der Waals surface area contributed by atoms with Crippen LogP contribution in [0.3, 0.4) is 0 Å². The molecule has 1 saturated heterocycles. The van der Waals surface area contributed by atoms with Gasteiger partial charge in [-0.1, -0.05) is 32.4 Å². The number of carbonyl (C=O) groups excluding carboxylic acids is 1. The maximum absolute atomic E-state index is 12.9. The largest absolute Gasteiger partial charge is 0.495 e. The van der Waals surface area contributed by atoms with Crippen LogP contribution < -0.4 is 9.64 Å². The van der Waals surface area contributed by atoms with Crippen LogP contribution in [0, 0.1) is 5.41 Å². The minimum Gasteiger partial charge on any atom is -0.495 e. The predicted octanol–water partition coefficient (Wildman–Crippen LogP) is 0.853. The van der Waals surface area contributed by atoms with Crippen molar-refractivity contribution in [1.29, 1.82) is 0 Å². The minimum atomic E-state index is -3.68. The van der Waals surface area contributed by atoms with E-state index in [0.29, 0.717) is 37.7 Å². The molecule has 1 heterocycles. The van der Waals surface area contributed by atoms with E-state index in [0.717, 1.165) is 4.90 Å². The van der Waals surface area contributed by atoms with Crippen LogP contribution in [-0.4, -0.2) is 58.3 Å². The lowest BCUT2D eigenvalue weighted by molar-refractivity contribution is -0.895. The number of hydrogen-bond acceptors (Lipinski definition) is 4. The molecule has 0 amide bonds. The van der Waals surface area contributed by atoms with Crippen molar-refractivity contribution in [3.05, 3.63) is 23.2 Å². The predicted molar refractivity (Wildman–Crippen MR) is 96.8 cm³/mol. The number of carbonyl (C=O) groups is 1. The van der Waals surface area contributed by atoms with Crippen LogP contribution in [-0.2, 0) is 14.8 Å². The van der Waals surface area contributed by atoms with Gasteiger partial charge in [-0.2, -0.15) is 4.31 Å². The lowest BCUT2D eigenvalue weighted by atomic mass is 9.90. The first kappa shape index (κ1) is 20.2. The molecule has 0 bridgehead atoms. The number of nitrogens with one attached hydrogen (secondary N) is 1. The fraction of sp³-hybridized carbons (Fsp3) is 0.588. The van der Waals surface area contributed by atoms with Crippen molar-refractivity contribution in [3.63, 3.8) is 0 Å². The lowest BCUT2D eigenvalue weighted by Crippen LogP contribution is -3.15. The summed E-state index contributed by atoms with van der Waals surface area (Å²) in [6.45, 7) is 8.07. The number of piperazine rings is 1. The Hall–Kier alpha value is -1.15. The highest BCUT2D eigenvalue weighted by molar-refractivity contribution is 7.89. The number of sulfonamides is 1. The van der Waals surface area contributed by atoms with Gasteiger partial charge in [-0.25, -0.2) is 8.42 Å². The zero-order valence-corrected chi connectivity index (χ0v) is 16.7. The highest BCUT2D eigenvalue weighted by Gasteiger charge is 2.34. The van der Waals surface area contributed by atoms with E-state index in [-0.39, 0.29) is 21.8 Å². The molecule has 1 aromatic carbocycles. The zero-order chi connectivity index (χ0) is 18.8. The SMILES string of the molecule is COc1ccc(Cl)cc1S(=O)(=O)N1CC[NH+](CC(=O)C(C)(C)C)CC1. The molecule has 1 aliphatic heterocycles. The van der Waals surface area contributed by atoms with E-state index in [4.69, 9.17) is 16.3 Å². The molecule has 1 fully saturated rings. The maximum Gasteiger partial charge on any atom is 0.247 e. The van der Waals surface area contributed by atoms with Gasteiger partial charge in [0.1, 0.15) is 17.2 Å². The third-order valence-corrected chi connectivity index (χ3v) is 6.58. The molecule has 8 heteroatoms. The number of ketones is 1. The molecule has 0 spiro atoms. The van der Waals surface area contributed by atoms with Gasteiger partial charge < -0.3 is 9.64 Å². The van der Waals surface area contributed by atoms with E-state index in [1.54, 1.807) is 12.1 Å². The van der Waals surface area contributed by atoms with Crippen LogP contribution in [0.4, 0.5) is 0 Å². The van der Waals surface area contributed by atoms with E-state index in [1.807, 2.05) is 20.8 Å². The number of Topliss-reactive ketones (excluding diaryl/α,β-unsaturated/α-hetero) is 1. The van der Waals surface area contributed by atoms with Gasteiger partial charge in [0, 0.05) is 10.4 Å². The summed E-state index contributed by atoms with van der Waals surface area (Å²) >= 11 is 5.96. The van der Waals surface area contributed by atoms with Gasteiger partial charge in [0.05, 0.1) is 33.3 Å². The maximum atomic E-state index is 12.9. The van der Waals surface area contributed by atoms with Crippen LogP contribution in [0.5, 0.6) is 5.75 Å². The molecule has 6 nitrogen and oxygen atoms in total. The van der Waals surface area contributed by atoms with E-state index >= 15 is 0 Å². The summed E-state index contributed by atoms with van der Waals surface area (Å²) < 4.78 is 32.4. The molecule has 1 aromatic rings. The Bertz CT molecular complexity index is 736. The van der Waals surface area contributed by atoms with Crippen molar-refractivity contribution < 1.29 is 22.8 Å². The van der Waals surface area contributed by atoms with Gasteiger partial charge in [-0.3, -0.25) is 4.79 Å². The van der Waals surface area contributed by atoms with Crippen LogP contribution in [0.25, 0.3) is 0 Å². The van der Waals surface area contributed by atoms with E-state index in [2.05, 4.69) is 0 Å². The summed E-state index contributed by atoms with van der Waals surface area (Å²) in [5.41, 5.74) is -0.371. The number of hydrogen-bond donors (Lipinski definition) is 1. The normalized spacial score (nSPS) is 17.5. The van der Waals surface area contributed by atoms with Gasteiger partial charge in [0.2, 0.25) is 10.0 Å². The van der Waals surface area contributed by atoms with Gasteiger partial charge in [0.25, 0.3) is 0 Å². The minimum absolute atomic E-state index is 0.0803. The average molecular weight is 390 g/mol. The van der Waals surface area contributed by atoms with Gasteiger partial charge in [-0.05, 0) is 18.2 Å². The quantitative estimate of drug-likeness (QED) is 0.810. The van der Waals surface area contributed by atoms with Crippen molar-refractivity contribution in [2.24, 2.45) is 5.41 Å². The van der Waals surface area contributed by atoms with Crippen molar-refractivity contribution in [1.82, 2.24) is 4.31 Å². The van der Waals surface area contributed by atoms with Crippen LogP contribution in [0.1, 0.15) is 20.8 Å².